The van der Waals surface area contributed by atoms with E-state index in [0.717, 1.165) is 17.7 Å². The molecule has 1 aromatic carbocycles. The molecule has 1 unspecified atom stereocenters. The summed E-state index contributed by atoms with van der Waals surface area (Å²) in [5.74, 6) is 1.29. The maximum Gasteiger partial charge on any atom is 0.224 e. The predicted octanol–water partition coefficient (Wildman–Crippen LogP) is 2.54. The molecule has 0 fully saturated rings. The number of methoxy groups -OCH3 is 1. The molecule has 0 aliphatic carbocycles. The maximum atomic E-state index is 12.1. The van der Waals surface area contributed by atoms with Crippen LogP contribution in [-0.4, -0.2) is 25.1 Å². The number of nitrogens with two attached hydrogens (primary N) is 1. The molecule has 0 spiro atoms. The van der Waals surface area contributed by atoms with Gasteiger partial charge in [0.2, 0.25) is 5.91 Å². The van der Waals surface area contributed by atoms with Gasteiger partial charge in [0.25, 0.3) is 0 Å². The third-order valence-corrected chi connectivity index (χ3v) is 3.27. The van der Waals surface area contributed by atoms with Crippen molar-refractivity contribution in [1.82, 2.24) is 5.32 Å². The fourth-order valence-electron chi connectivity index (χ4n) is 2.40. The van der Waals surface area contributed by atoms with Gasteiger partial charge in [0.15, 0.2) is 0 Å². The zero-order chi connectivity index (χ0) is 15.2. The van der Waals surface area contributed by atoms with Crippen molar-refractivity contribution in [1.29, 1.82) is 0 Å². The molecule has 1 atom stereocenters. The molecule has 0 saturated carbocycles. The average molecular weight is 315 g/mol. The van der Waals surface area contributed by atoms with Gasteiger partial charge in [0.1, 0.15) is 5.75 Å². The number of rotatable bonds is 7. The van der Waals surface area contributed by atoms with Crippen molar-refractivity contribution in [2.45, 2.75) is 39.2 Å². The number of carbonyl (C=O) groups is 1. The molecule has 1 aromatic rings. The molecule has 0 saturated heterocycles. The van der Waals surface area contributed by atoms with Gasteiger partial charge in [-0.2, -0.15) is 0 Å². The fraction of sp³-hybridized carbons (Fsp3) is 0.562. The summed E-state index contributed by atoms with van der Waals surface area (Å²) in [5.41, 5.74) is 6.43. The van der Waals surface area contributed by atoms with E-state index >= 15 is 0 Å². The van der Waals surface area contributed by atoms with Gasteiger partial charge >= 0.3 is 0 Å². The van der Waals surface area contributed by atoms with Crippen LogP contribution in [0.15, 0.2) is 24.3 Å². The predicted molar refractivity (Wildman–Crippen MR) is 89.0 cm³/mol. The summed E-state index contributed by atoms with van der Waals surface area (Å²) >= 11 is 0. The Morgan fingerprint density at radius 2 is 1.90 bits per heavy atom. The Kier molecular flexibility index (Phi) is 8.37. The summed E-state index contributed by atoms with van der Waals surface area (Å²) in [6.07, 6.45) is 1.23. The van der Waals surface area contributed by atoms with Gasteiger partial charge in [0.05, 0.1) is 13.5 Å². The average Bonchev–Trinajstić information content (AvgIpc) is 2.38. The summed E-state index contributed by atoms with van der Waals surface area (Å²) < 4.78 is 5.10. The number of nitrogens with one attached hydrogen (secondary N) is 1. The topological polar surface area (TPSA) is 64.3 Å². The lowest BCUT2D eigenvalue weighted by atomic mass is 9.90. The molecule has 3 N–H and O–H groups in total. The van der Waals surface area contributed by atoms with Crippen LogP contribution in [0.2, 0.25) is 0 Å². The highest BCUT2D eigenvalue weighted by Gasteiger charge is 2.25. The second-order valence-electron chi connectivity index (χ2n) is 5.94. The first-order chi connectivity index (χ1) is 9.38. The van der Waals surface area contributed by atoms with Crippen molar-refractivity contribution >= 4 is 18.3 Å². The zero-order valence-corrected chi connectivity index (χ0v) is 14.1. The van der Waals surface area contributed by atoms with E-state index in [1.54, 1.807) is 7.11 Å². The van der Waals surface area contributed by atoms with Crippen LogP contribution in [0, 0.1) is 5.92 Å². The van der Waals surface area contributed by atoms with Gasteiger partial charge in [0, 0.05) is 12.1 Å². The van der Waals surface area contributed by atoms with Gasteiger partial charge in [-0.25, -0.2) is 0 Å². The van der Waals surface area contributed by atoms with E-state index in [4.69, 9.17) is 10.5 Å². The summed E-state index contributed by atoms with van der Waals surface area (Å²) in [5, 5.41) is 3.06. The van der Waals surface area contributed by atoms with Crippen LogP contribution < -0.4 is 15.8 Å². The van der Waals surface area contributed by atoms with Crippen LogP contribution in [0.1, 0.15) is 32.8 Å². The van der Waals surface area contributed by atoms with Crippen LogP contribution in [0.25, 0.3) is 0 Å². The van der Waals surface area contributed by atoms with Gasteiger partial charge < -0.3 is 15.8 Å². The minimum Gasteiger partial charge on any atom is -0.497 e. The van der Waals surface area contributed by atoms with Gasteiger partial charge in [-0.3, -0.25) is 4.79 Å². The zero-order valence-electron chi connectivity index (χ0n) is 13.3. The Labute approximate surface area is 133 Å². The minimum absolute atomic E-state index is 0. The molecule has 120 valence electrons. The summed E-state index contributed by atoms with van der Waals surface area (Å²) in [6, 6.07) is 7.53. The SMILES string of the molecule is COc1ccc(CC(=O)NC(C)(CN)CC(C)C)cc1.Cl. The number of hydrogen-bond acceptors (Lipinski definition) is 3. The molecule has 1 rings (SSSR count). The first-order valence-corrected chi connectivity index (χ1v) is 7.02. The van der Waals surface area contributed by atoms with Gasteiger partial charge in [-0.05, 0) is 37.0 Å². The largest absolute Gasteiger partial charge is 0.497 e. The molecule has 21 heavy (non-hydrogen) atoms. The normalized spacial score (nSPS) is 13.2. The smallest absolute Gasteiger partial charge is 0.224 e. The van der Waals surface area contributed by atoms with E-state index in [0.29, 0.717) is 18.9 Å². The molecule has 0 radical (unpaired) electrons. The Bertz CT molecular complexity index is 434. The monoisotopic (exact) mass is 314 g/mol. The first-order valence-electron chi connectivity index (χ1n) is 7.02. The summed E-state index contributed by atoms with van der Waals surface area (Å²) in [7, 11) is 1.63. The molecule has 0 aliphatic heterocycles. The van der Waals surface area contributed by atoms with Crippen LogP contribution >= 0.6 is 12.4 Å². The number of ether oxygens (including phenoxy) is 1. The molecule has 0 heterocycles. The van der Waals surface area contributed by atoms with Crippen LogP contribution in [0.4, 0.5) is 0 Å². The van der Waals surface area contributed by atoms with Crippen LogP contribution in [-0.2, 0) is 11.2 Å². The van der Waals surface area contributed by atoms with Crippen molar-refractivity contribution in [2.75, 3.05) is 13.7 Å². The molecule has 0 aromatic heterocycles. The summed E-state index contributed by atoms with van der Waals surface area (Å²) in [6.45, 7) is 6.70. The van der Waals surface area contributed by atoms with E-state index in [1.165, 1.54) is 0 Å². The maximum absolute atomic E-state index is 12.1. The molecule has 0 bridgehead atoms. The van der Waals surface area contributed by atoms with Crippen LogP contribution in [0.3, 0.4) is 0 Å². The number of carbonyl (C=O) groups excluding carboxylic acids is 1. The molecule has 0 aliphatic rings. The quantitative estimate of drug-likeness (QED) is 0.813. The molecule has 1 amide bonds. The van der Waals surface area contributed by atoms with Crippen molar-refractivity contribution in [3.8, 4) is 5.75 Å². The van der Waals surface area contributed by atoms with Gasteiger partial charge in [-0.1, -0.05) is 26.0 Å². The van der Waals surface area contributed by atoms with E-state index in [2.05, 4.69) is 19.2 Å². The highest BCUT2D eigenvalue weighted by Crippen LogP contribution is 2.16. The molecule has 5 heteroatoms. The Balaban J connectivity index is 0.00000400. The number of hydrogen-bond donors (Lipinski definition) is 2. The molecule has 4 nitrogen and oxygen atoms in total. The lowest BCUT2D eigenvalue weighted by Crippen LogP contribution is -2.52. The van der Waals surface area contributed by atoms with E-state index in [1.807, 2.05) is 31.2 Å². The third kappa shape index (κ3) is 6.82. The van der Waals surface area contributed by atoms with Crippen molar-refractivity contribution < 1.29 is 9.53 Å². The second-order valence-corrected chi connectivity index (χ2v) is 5.94. The number of halogens is 1. The summed E-state index contributed by atoms with van der Waals surface area (Å²) in [4.78, 5) is 12.1. The molecular weight excluding hydrogens is 288 g/mol. The second kappa shape index (κ2) is 8.90. The highest BCUT2D eigenvalue weighted by atomic mass is 35.5. The van der Waals surface area contributed by atoms with E-state index < -0.39 is 0 Å². The molecular formula is C16H27ClN2O2. The van der Waals surface area contributed by atoms with Crippen molar-refractivity contribution in [3.63, 3.8) is 0 Å². The lowest BCUT2D eigenvalue weighted by Gasteiger charge is -2.31. The number of amides is 1. The standard InChI is InChI=1S/C16H26N2O2.ClH/c1-12(2)10-16(3,11-17)18-15(19)9-13-5-7-14(20-4)8-6-13;/h5-8,12H,9-11,17H2,1-4H3,(H,18,19);1H. The Hall–Kier alpha value is -1.26. The van der Waals surface area contributed by atoms with Crippen LogP contribution in [0.5, 0.6) is 5.75 Å². The van der Waals surface area contributed by atoms with Crippen molar-refractivity contribution in [3.05, 3.63) is 29.8 Å². The Morgan fingerprint density at radius 3 is 2.33 bits per heavy atom. The van der Waals surface area contributed by atoms with E-state index in [-0.39, 0.29) is 23.9 Å². The van der Waals surface area contributed by atoms with Crippen molar-refractivity contribution in [2.24, 2.45) is 11.7 Å². The highest BCUT2D eigenvalue weighted by molar-refractivity contribution is 5.85. The minimum atomic E-state index is -0.336. The van der Waals surface area contributed by atoms with E-state index in [9.17, 15) is 4.79 Å². The fourth-order valence-corrected chi connectivity index (χ4v) is 2.40. The first kappa shape index (κ1) is 19.7. The lowest BCUT2D eigenvalue weighted by molar-refractivity contribution is -0.122. The number of benzene rings is 1. The third-order valence-electron chi connectivity index (χ3n) is 3.27. The van der Waals surface area contributed by atoms with Gasteiger partial charge in [-0.15, -0.1) is 12.4 Å². The Morgan fingerprint density at radius 1 is 1.33 bits per heavy atom.